The Kier molecular flexibility index (Phi) is 11.0. The average Bonchev–Trinajstić information content (AvgIpc) is 2.99. The third kappa shape index (κ3) is 7.65. The number of rotatable bonds is 15. The minimum atomic E-state index is -0.376. The maximum atomic E-state index is 13.2. The monoisotopic (exact) mass is 540 g/mol. The van der Waals surface area contributed by atoms with Crippen molar-refractivity contribution < 1.29 is 19.1 Å². The number of carbonyl (C=O) groups is 2. The van der Waals surface area contributed by atoms with Crippen molar-refractivity contribution in [2.75, 3.05) is 13.2 Å². The Labute approximate surface area is 237 Å². The highest BCUT2D eigenvalue weighted by Crippen LogP contribution is 2.28. The van der Waals surface area contributed by atoms with E-state index in [1.54, 1.807) is 12.1 Å². The van der Waals surface area contributed by atoms with Crippen molar-refractivity contribution in [3.05, 3.63) is 71.8 Å². The molecule has 2 aromatic carbocycles. The molecule has 4 aromatic rings. The van der Waals surface area contributed by atoms with Crippen LogP contribution in [0.1, 0.15) is 98.8 Å². The minimum absolute atomic E-state index is 0.376. The summed E-state index contributed by atoms with van der Waals surface area (Å²) in [4.78, 5) is 36.0. The highest BCUT2D eigenvalue weighted by molar-refractivity contribution is 6.06. The molecular formula is C34H40N2O4. The zero-order valence-corrected chi connectivity index (χ0v) is 23.8. The standard InChI is InChI=1S/C34H40N2O4/c1-3-5-7-9-15-21-39-33(37)27-23-31(35-29-19-13-11-17-25(27)29)32-24-28(26-18-12-14-20-30(26)36-32)34(38)40-22-16-10-8-6-4-2/h11-14,17-20,23-24H,3-10,15-16,21-22H2,1-2H3. The van der Waals surface area contributed by atoms with Crippen molar-refractivity contribution in [1.82, 2.24) is 9.97 Å². The lowest BCUT2D eigenvalue weighted by molar-refractivity contribution is 0.0490. The normalized spacial score (nSPS) is 11.2. The van der Waals surface area contributed by atoms with Gasteiger partial charge in [-0.05, 0) is 37.1 Å². The molecule has 210 valence electrons. The average molecular weight is 541 g/mol. The van der Waals surface area contributed by atoms with Gasteiger partial charge in [-0.25, -0.2) is 19.6 Å². The topological polar surface area (TPSA) is 78.4 Å². The van der Waals surface area contributed by atoms with Gasteiger partial charge in [0.2, 0.25) is 0 Å². The molecule has 2 aromatic heterocycles. The lowest BCUT2D eigenvalue weighted by Gasteiger charge is -2.12. The van der Waals surface area contributed by atoms with Crippen LogP contribution in [0.3, 0.4) is 0 Å². The van der Waals surface area contributed by atoms with E-state index in [2.05, 4.69) is 13.8 Å². The molecule has 0 aliphatic rings. The fourth-order valence-corrected chi connectivity index (χ4v) is 4.85. The van der Waals surface area contributed by atoms with Crippen LogP contribution in [0.4, 0.5) is 0 Å². The lowest BCUT2D eigenvalue weighted by Crippen LogP contribution is -2.10. The Morgan fingerprint density at radius 1 is 0.575 bits per heavy atom. The molecule has 0 radical (unpaired) electrons. The van der Waals surface area contributed by atoms with E-state index in [1.165, 1.54) is 25.7 Å². The quantitative estimate of drug-likeness (QED) is 0.111. The number of para-hydroxylation sites is 2. The fourth-order valence-electron chi connectivity index (χ4n) is 4.85. The summed E-state index contributed by atoms with van der Waals surface area (Å²) in [6.07, 6.45) is 10.8. The molecule has 6 heteroatoms. The maximum absolute atomic E-state index is 13.2. The van der Waals surface area contributed by atoms with Gasteiger partial charge in [0.15, 0.2) is 0 Å². The number of carbonyl (C=O) groups excluding carboxylic acids is 2. The molecule has 0 spiro atoms. The zero-order chi connectivity index (χ0) is 28.2. The van der Waals surface area contributed by atoms with E-state index in [0.29, 0.717) is 46.8 Å². The number of hydrogen-bond donors (Lipinski definition) is 0. The van der Waals surface area contributed by atoms with Crippen LogP contribution in [-0.4, -0.2) is 35.1 Å². The van der Waals surface area contributed by atoms with Gasteiger partial charge in [-0.15, -0.1) is 0 Å². The highest BCUT2D eigenvalue weighted by atomic mass is 16.5. The number of benzene rings is 2. The molecule has 0 amide bonds. The number of hydrogen-bond acceptors (Lipinski definition) is 6. The molecule has 0 atom stereocenters. The molecule has 0 saturated carbocycles. The molecular weight excluding hydrogens is 500 g/mol. The summed E-state index contributed by atoms with van der Waals surface area (Å²) in [6.45, 7) is 5.13. The first-order valence-corrected chi connectivity index (χ1v) is 14.8. The lowest BCUT2D eigenvalue weighted by atomic mass is 10.0. The smallest absolute Gasteiger partial charge is 0.338 e. The largest absolute Gasteiger partial charge is 0.462 e. The molecule has 0 N–H and O–H groups in total. The minimum Gasteiger partial charge on any atom is -0.462 e. The Morgan fingerprint density at radius 2 is 0.975 bits per heavy atom. The van der Waals surface area contributed by atoms with Gasteiger partial charge in [0, 0.05) is 10.8 Å². The number of fused-ring (bicyclic) bond motifs is 2. The first kappa shape index (κ1) is 29.2. The summed E-state index contributed by atoms with van der Waals surface area (Å²) >= 11 is 0. The number of nitrogens with zero attached hydrogens (tertiary/aromatic N) is 2. The van der Waals surface area contributed by atoms with Crippen LogP contribution in [-0.2, 0) is 9.47 Å². The van der Waals surface area contributed by atoms with Crippen molar-refractivity contribution in [3.8, 4) is 11.4 Å². The van der Waals surface area contributed by atoms with Gasteiger partial charge in [0.25, 0.3) is 0 Å². The van der Waals surface area contributed by atoms with Crippen molar-refractivity contribution in [3.63, 3.8) is 0 Å². The fraction of sp³-hybridized carbons (Fsp3) is 0.412. The number of esters is 2. The van der Waals surface area contributed by atoms with Crippen LogP contribution in [0.25, 0.3) is 33.2 Å². The van der Waals surface area contributed by atoms with Crippen LogP contribution in [0.5, 0.6) is 0 Å². The van der Waals surface area contributed by atoms with E-state index < -0.39 is 0 Å². The Bertz CT molecular complexity index is 1320. The van der Waals surface area contributed by atoms with E-state index in [1.807, 2.05) is 48.5 Å². The summed E-state index contributed by atoms with van der Waals surface area (Å²) in [5.74, 6) is -0.752. The summed E-state index contributed by atoms with van der Waals surface area (Å²) in [7, 11) is 0. The van der Waals surface area contributed by atoms with E-state index in [4.69, 9.17) is 19.4 Å². The number of pyridine rings is 2. The molecule has 0 unspecified atom stereocenters. The van der Waals surface area contributed by atoms with Gasteiger partial charge in [-0.1, -0.05) is 102 Å². The predicted molar refractivity (Wildman–Crippen MR) is 161 cm³/mol. The molecule has 0 aliphatic heterocycles. The Morgan fingerprint density at radius 3 is 1.40 bits per heavy atom. The van der Waals surface area contributed by atoms with E-state index in [-0.39, 0.29) is 11.9 Å². The highest BCUT2D eigenvalue weighted by Gasteiger charge is 2.19. The Balaban J connectivity index is 1.61. The Hall–Kier alpha value is -3.80. The van der Waals surface area contributed by atoms with Crippen molar-refractivity contribution in [2.45, 2.75) is 78.1 Å². The van der Waals surface area contributed by atoms with Crippen LogP contribution >= 0.6 is 0 Å². The van der Waals surface area contributed by atoms with Crippen molar-refractivity contribution in [2.24, 2.45) is 0 Å². The first-order chi connectivity index (χ1) is 19.6. The first-order valence-electron chi connectivity index (χ1n) is 14.8. The number of ether oxygens (including phenoxy) is 2. The number of unbranched alkanes of at least 4 members (excludes halogenated alkanes) is 8. The van der Waals surface area contributed by atoms with Crippen LogP contribution < -0.4 is 0 Å². The van der Waals surface area contributed by atoms with Crippen molar-refractivity contribution >= 4 is 33.7 Å². The van der Waals surface area contributed by atoms with Crippen LogP contribution in [0.2, 0.25) is 0 Å². The second-order valence-electron chi connectivity index (χ2n) is 10.2. The van der Waals surface area contributed by atoms with E-state index in [9.17, 15) is 9.59 Å². The summed E-state index contributed by atoms with van der Waals surface area (Å²) in [5.41, 5.74) is 3.24. The van der Waals surface area contributed by atoms with Crippen molar-refractivity contribution in [1.29, 1.82) is 0 Å². The van der Waals surface area contributed by atoms with Crippen LogP contribution in [0.15, 0.2) is 60.7 Å². The third-order valence-corrected chi connectivity index (χ3v) is 7.10. The van der Waals surface area contributed by atoms with Gasteiger partial charge < -0.3 is 9.47 Å². The summed E-state index contributed by atoms with van der Waals surface area (Å²) in [6, 6.07) is 18.5. The molecule has 6 nitrogen and oxygen atoms in total. The molecule has 40 heavy (non-hydrogen) atoms. The van der Waals surface area contributed by atoms with Gasteiger partial charge in [-0.3, -0.25) is 0 Å². The molecule has 2 heterocycles. The zero-order valence-electron chi connectivity index (χ0n) is 23.8. The van der Waals surface area contributed by atoms with Gasteiger partial charge in [0.05, 0.1) is 46.8 Å². The molecule has 0 aliphatic carbocycles. The van der Waals surface area contributed by atoms with E-state index in [0.717, 1.165) is 49.3 Å². The second kappa shape index (κ2) is 15.1. The van der Waals surface area contributed by atoms with Gasteiger partial charge in [-0.2, -0.15) is 0 Å². The summed E-state index contributed by atoms with van der Waals surface area (Å²) < 4.78 is 11.3. The molecule has 0 saturated heterocycles. The predicted octanol–water partition coefficient (Wildman–Crippen LogP) is 8.70. The summed E-state index contributed by atoms with van der Waals surface area (Å²) in [5, 5.41) is 1.46. The van der Waals surface area contributed by atoms with Gasteiger partial charge in [0.1, 0.15) is 0 Å². The van der Waals surface area contributed by atoms with E-state index >= 15 is 0 Å². The second-order valence-corrected chi connectivity index (χ2v) is 10.2. The van der Waals surface area contributed by atoms with Gasteiger partial charge >= 0.3 is 11.9 Å². The molecule has 0 fully saturated rings. The maximum Gasteiger partial charge on any atom is 0.338 e. The molecule has 4 rings (SSSR count). The van der Waals surface area contributed by atoms with Crippen LogP contribution in [0, 0.1) is 0 Å². The third-order valence-electron chi connectivity index (χ3n) is 7.10. The molecule has 0 bridgehead atoms. The SMILES string of the molecule is CCCCCCCOC(=O)c1cc(-c2cc(C(=O)OCCCCCCC)c3ccccc3n2)nc2ccccc12. The number of aromatic nitrogens is 2.